The molecular formula is C22H24F2N3O8P. The van der Waals surface area contributed by atoms with Gasteiger partial charge < -0.3 is 27.8 Å². The lowest BCUT2D eigenvalue weighted by molar-refractivity contribution is -0.119. The van der Waals surface area contributed by atoms with Crippen molar-refractivity contribution in [3.63, 3.8) is 0 Å². The van der Waals surface area contributed by atoms with Crippen molar-refractivity contribution in [2.45, 2.75) is 45.1 Å². The van der Waals surface area contributed by atoms with Crippen LogP contribution in [-0.4, -0.2) is 46.3 Å². The molecular weight excluding hydrogens is 503 g/mol. The van der Waals surface area contributed by atoms with Gasteiger partial charge in [0.15, 0.2) is 6.61 Å². The van der Waals surface area contributed by atoms with Crippen molar-refractivity contribution in [3.8, 4) is 0 Å². The first-order valence-electron chi connectivity index (χ1n) is 10.8. The summed E-state index contributed by atoms with van der Waals surface area (Å²) < 4.78 is 55.1. The molecule has 0 aliphatic carbocycles. The summed E-state index contributed by atoms with van der Waals surface area (Å²) in [7, 11) is -1.000. The fraction of sp³-hybridized carbons (Fsp3) is 0.409. The van der Waals surface area contributed by atoms with E-state index in [1.807, 2.05) is 26.0 Å². The second kappa shape index (κ2) is 10.6. The van der Waals surface area contributed by atoms with E-state index in [9.17, 15) is 23.3 Å². The number of nitrogens with zero attached hydrogens (tertiary/aromatic N) is 2. The van der Waals surface area contributed by atoms with Gasteiger partial charge in [0.2, 0.25) is 6.23 Å². The van der Waals surface area contributed by atoms with Gasteiger partial charge >= 0.3 is 20.4 Å². The van der Waals surface area contributed by atoms with Gasteiger partial charge in [-0.15, -0.1) is 0 Å². The summed E-state index contributed by atoms with van der Waals surface area (Å²) in [6.45, 7) is 3.36. The first-order chi connectivity index (χ1) is 17.1. The molecule has 36 heavy (non-hydrogen) atoms. The van der Waals surface area contributed by atoms with E-state index in [4.69, 9.17) is 18.4 Å². The van der Waals surface area contributed by atoms with Crippen molar-refractivity contribution in [3.05, 3.63) is 57.8 Å². The van der Waals surface area contributed by atoms with Crippen molar-refractivity contribution in [2.75, 3.05) is 19.0 Å². The Morgan fingerprint density at radius 1 is 1.36 bits per heavy atom. The average molecular weight is 527 g/mol. The molecule has 1 aliphatic rings. The third kappa shape index (κ3) is 5.88. The highest BCUT2D eigenvalue weighted by Crippen LogP contribution is 2.43. The van der Waals surface area contributed by atoms with E-state index in [1.165, 1.54) is 7.11 Å². The Hall–Kier alpha value is -2.96. The lowest BCUT2D eigenvalue weighted by Gasteiger charge is -2.20. The molecule has 2 aromatic heterocycles. The number of aryl methyl sites for hydroxylation is 2. The first kappa shape index (κ1) is 26.1. The zero-order valence-electron chi connectivity index (χ0n) is 19.6. The van der Waals surface area contributed by atoms with Crippen LogP contribution in [0.5, 0.6) is 0 Å². The van der Waals surface area contributed by atoms with Crippen LogP contribution in [0.2, 0.25) is 0 Å². The fourth-order valence-electron chi connectivity index (χ4n) is 3.88. The highest BCUT2D eigenvalue weighted by molar-refractivity contribution is 7.40. The molecule has 4 rings (SSSR count). The number of anilines is 1. The predicted octanol–water partition coefficient (Wildman–Crippen LogP) is 4.16. The van der Waals surface area contributed by atoms with Gasteiger partial charge in [0.05, 0.1) is 12.7 Å². The maximum absolute atomic E-state index is 14.5. The maximum atomic E-state index is 14.5. The van der Waals surface area contributed by atoms with Crippen molar-refractivity contribution in [2.24, 2.45) is 0 Å². The van der Waals surface area contributed by atoms with Crippen LogP contribution in [0.3, 0.4) is 0 Å². The number of furan rings is 1. The molecule has 1 amide bonds. The number of nitrogens with one attached hydrogen (secondary N) is 1. The second-order valence-corrected chi connectivity index (χ2v) is 9.31. The van der Waals surface area contributed by atoms with E-state index < -0.39 is 45.1 Å². The van der Waals surface area contributed by atoms with Crippen LogP contribution in [0, 0.1) is 13.8 Å². The summed E-state index contributed by atoms with van der Waals surface area (Å²) >= 11 is 0. The van der Waals surface area contributed by atoms with Gasteiger partial charge in [0, 0.05) is 25.1 Å². The number of aromatic nitrogens is 2. The minimum absolute atomic E-state index is 0.166. The van der Waals surface area contributed by atoms with Gasteiger partial charge in [-0.1, -0.05) is 11.6 Å². The molecule has 3 atom stereocenters. The first-order valence-corrected chi connectivity index (χ1v) is 11.9. The van der Waals surface area contributed by atoms with E-state index in [2.05, 4.69) is 14.8 Å². The van der Waals surface area contributed by atoms with Gasteiger partial charge in [-0.2, -0.15) is 4.98 Å². The molecule has 11 nitrogen and oxygen atoms in total. The monoisotopic (exact) mass is 527 g/mol. The summed E-state index contributed by atoms with van der Waals surface area (Å²) in [5.41, 5.74) is 1.65. The Labute approximate surface area is 204 Å². The number of rotatable bonds is 8. The Bertz CT molecular complexity index is 1310. The summed E-state index contributed by atoms with van der Waals surface area (Å²) in [4.78, 5) is 37.5. The molecule has 0 bridgehead atoms. The smallest absolute Gasteiger partial charge is 0.413 e. The number of alkyl halides is 2. The van der Waals surface area contributed by atoms with E-state index in [0.29, 0.717) is 15.9 Å². The number of halogens is 2. The third-order valence-corrected chi connectivity index (χ3v) is 6.05. The summed E-state index contributed by atoms with van der Waals surface area (Å²) in [5.74, 6) is -3.16. The standard InChI is InChI=1S/C22H24F2N3O8P/c1-12-6-13(2)18-14(7-12)8-15(34-18)10-32-21(29)26-17-4-5-27(20(28)25-17)19-22(23,24)9-16(35-19)11-33-36(30)31-3/h4-8,16,19,30H,9-11H2,1-3H3,(H,25,26,28,29). The van der Waals surface area contributed by atoms with E-state index in [-0.39, 0.29) is 19.0 Å². The molecule has 1 aromatic carbocycles. The Morgan fingerprint density at radius 2 is 2.14 bits per heavy atom. The Kier molecular flexibility index (Phi) is 7.67. The highest BCUT2D eigenvalue weighted by atomic mass is 31.2. The lowest BCUT2D eigenvalue weighted by Crippen LogP contribution is -2.35. The molecule has 194 valence electrons. The molecule has 0 spiro atoms. The Balaban J connectivity index is 1.36. The summed E-state index contributed by atoms with van der Waals surface area (Å²) in [6, 6.07) is 6.85. The molecule has 0 saturated carbocycles. The molecule has 2 N–H and O–H groups in total. The van der Waals surface area contributed by atoms with Crippen LogP contribution in [0.25, 0.3) is 11.0 Å². The lowest BCUT2D eigenvalue weighted by atomic mass is 10.1. The molecule has 3 heterocycles. The SMILES string of the molecule is COP(O)OCC1CC(F)(F)C(n2ccc(NC(=O)OCc3cc4cc(C)cc(C)c4o3)nc2=O)O1. The van der Waals surface area contributed by atoms with Crippen LogP contribution in [0.4, 0.5) is 19.4 Å². The largest absolute Gasteiger partial charge is 0.457 e. The van der Waals surface area contributed by atoms with Gasteiger partial charge in [0.1, 0.15) is 17.2 Å². The average Bonchev–Trinajstić information content (AvgIpc) is 3.36. The molecule has 1 aliphatic heterocycles. The van der Waals surface area contributed by atoms with Crippen LogP contribution >= 0.6 is 8.60 Å². The number of fused-ring (bicyclic) bond motifs is 1. The van der Waals surface area contributed by atoms with Crippen LogP contribution in [0.1, 0.15) is 29.5 Å². The van der Waals surface area contributed by atoms with E-state index in [0.717, 1.165) is 28.8 Å². The molecule has 1 saturated heterocycles. The number of benzene rings is 1. The van der Waals surface area contributed by atoms with Crippen molar-refractivity contribution < 1.29 is 41.4 Å². The second-order valence-electron chi connectivity index (χ2n) is 8.21. The molecule has 0 radical (unpaired) electrons. The fourth-order valence-corrected chi connectivity index (χ4v) is 4.28. The van der Waals surface area contributed by atoms with E-state index in [1.54, 1.807) is 6.07 Å². The van der Waals surface area contributed by atoms with Crippen LogP contribution < -0.4 is 11.0 Å². The molecule has 14 heteroatoms. The summed E-state index contributed by atoms with van der Waals surface area (Å²) in [6.07, 6.45) is -3.62. The maximum Gasteiger partial charge on any atom is 0.413 e. The summed E-state index contributed by atoms with van der Waals surface area (Å²) in [5, 5.41) is 3.16. The zero-order chi connectivity index (χ0) is 26.0. The predicted molar refractivity (Wildman–Crippen MR) is 124 cm³/mol. The number of hydrogen-bond acceptors (Lipinski definition) is 9. The number of hydrogen-bond donors (Lipinski definition) is 2. The van der Waals surface area contributed by atoms with Crippen molar-refractivity contribution in [1.82, 2.24) is 9.55 Å². The molecule has 3 aromatic rings. The van der Waals surface area contributed by atoms with Gasteiger partial charge in [-0.3, -0.25) is 9.88 Å². The zero-order valence-corrected chi connectivity index (χ0v) is 20.5. The number of carbonyl (C=O) groups is 1. The van der Waals surface area contributed by atoms with Crippen molar-refractivity contribution in [1.29, 1.82) is 0 Å². The van der Waals surface area contributed by atoms with Gasteiger partial charge in [-0.05, 0) is 37.6 Å². The van der Waals surface area contributed by atoms with Gasteiger partial charge in [0.25, 0.3) is 5.92 Å². The number of carbonyl (C=O) groups excluding carboxylic acids is 1. The number of ether oxygens (including phenoxy) is 2. The third-order valence-electron chi connectivity index (χ3n) is 5.37. The minimum Gasteiger partial charge on any atom is -0.457 e. The quantitative estimate of drug-likeness (QED) is 0.414. The molecule has 1 fully saturated rings. The van der Waals surface area contributed by atoms with Crippen molar-refractivity contribution >= 4 is 31.5 Å². The van der Waals surface area contributed by atoms with Crippen LogP contribution in [-0.2, 0) is 25.1 Å². The van der Waals surface area contributed by atoms with Gasteiger partial charge in [-0.25, -0.2) is 18.4 Å². The highest BCUT2D eigenvalue weighted by Gasteiger charge is 2.52. The Morgan fingerprint density at radius 3 is 2.86 bits per heavy atom. The molecule has 3 unspecified atom stereocenters. The minimum atomic E-state index is -3.40. The number of amides is 1. The topological polar surface area (TPSA) is 134 Å². The van der Waals surface area contributed by atoms with E-state index >= 15 is 0 Å². The van der Waals surface area contributed by atoms with Crippen LogP contribution in [0.15, 0.2) is 39.7 Å². The normalized spacial score (nSPS) is 19.9.